The first kappa shape index (κ1) is 14.5. The minimum absolute atomic E-state index is 0.0256. The summed E-state index contributed by atoms with van der Waals surface area (Å²) < 4.78 is 15.5. The second-order valence-corrected chi connectivity index (χ2v) is 5.85. The molecule has 1 N–H and O–H groups in total. The molecule has 0 spiro atoms. The molecule has 15 heavy (non-hydrogen) atoms. The first-order chi connectivity index (χ1) is 7.17. The van der Waals surface area contributed by atoms with Crippen molar-refractivity contribution in [3.05, 3.63) is 0 Å². The van der Waals surface area contributed by atoms with E-state index in [-0.39, 0.29) is 5.92 Å². The molecule has 6 heteroatoms. The summed E-state index contributed by atoms with van der Waals surface area (Å²) in [6.07, 6.45) is 1.85. The topological polar surface area (TPSA) is 63.5 Å². The Morgan fingerprint density at radius 3 is 2.13 bits per heavy atom. The van der Waals surface area contributed by atoms with Gasteiger partial charge >= 0.3 is 8.97 Å². The van der Waals surface area contributed by atoms with Gasteiger partial charge in [-0.25, -0.2) is 0 Å². The Morgan fingerprint density at radius 2 is 1.80 bits per heavy atom. The molecule has 0 heterocycles. The van der Waals surface area contributed by atoms with E-state index in [1.54, 1.807) is 0 Å². The molecule has 0 aliphatic carbocycles. The van der Waals surface area contributed by atoms with Crippen LogP contribution in [0.5, 0.6) is 0 Å². The molecule has 0 aromatic carbocycles. The second-order valence-electron chi connectivity index (χ2n) is 3.16. The van der Waals surface area contributed by atoms with Crippen molar-refractivity contribution in [1.82, 2.24) is 4.98 Å². The summed E-state index contributed by atoms with van der Waals surface area (Å²) in [5, 5.41) is 8.88. The van der Waals surface area contributed by atoms with Crippen LogP contribution >= 0.6 is 0 Å². The van der Waals surface area contributed by atoms with Crippen molar-refractivity contribution >= 4 is 8.97 Å². The van der Waals surface area contributed by atoms with Gasteiger partial charge in [0.2, 0.25) is 0 Å². The predicted molar refractivity (Wildman–Crippen MR) is 58.8 cm³/mol. The van der Waals surface area contributed by atoms with Crippen LogP contribution in [-0.2, 0) is 13.3 Å². The number of hydrogen-bond donors (Lipinski definition) is 1. The average Bonchev–Trinajstić information content (AvgIpc) is 2.30. The lowest BCUT2D eigenvalue weighted by Gasteiger charge is -2.25. The first-order valence-electron chi connectivity index (χ1n) is 4.98. The number of nitriles is 1. The highest BCUT2D eigenvalue weighted by atomic mass is 28.4. The molecule has 88 valence electrons. The van der Waals surface area contributed by atoms with Crippen molar-refractivity contribution in [3.8, 4) is 6.07 Å². The van der Waals surface area contributed by atoms with Gasteiger partial charge in [-0.15, -0.1) is 0 Å². The van der Waals surface area contributed by atoms with Gasteiger partial charge in [0.05, 0.1) is 12.0 Å². The highest BCUT2D eigenvalue weighted by molar-refractivity contribution is 6.57. The Hall–Kier alpha value is -0.453. The molecule has 0 saturated heterocycles. The zero-order valence-electron chi connectivity index (χ0n) is 9.87. The summed E-state index contributed by atoms with van der Waals surface area (Å²) in [6.45, 7) is 2.59. The lowest BCUT2D eigenvalue weighted by Crippen LogP contribution is -2.58. The average molecular weight is 232 g/mol. The summed E-state index contributed by atoms with van der Waals surface area (Å²) in [7, 11) is 1.88. The quantitative estimate of drug-likeness (QED) is 0.630. The lowest BCUT2D eigenvalue weighted by atomic mass is 10.1. The van der Waals surface area contributed by atoms with E-state index in [0.29, 0.717) is 6.54 Å². The third kappa shape index (κ3) is 4.73. The molecule has 0 aliphatic heterocycles. The van der Waals surface area contributed by atoms with Crippen LogP contribution in [0, 0.1) is 17.2 Å². The summed E-state index contributed by atoms with van der Waals surface area (Å²) in [5.41, 5.74) is 0. The van der Waals surface area contributed by atoms with Gasteiger partial charge < -0.3 is 13.3 Å². The van der Waals surface area contributed by atoms with Crippen LogP contribution in [-0.4, -0.2) is 36.8 Å². The molecule has 0 aliphatic rings. The van der Waals surface area contributed by atoms with E-state index in [1.807, 2.05) is 0 Å². The largest absolute Gasteiger partial charge is 0.596 e. The van der Waals surface area contributed by atoms with Crippen LogP contribution in [0.15, 0.2) is 0 Å². The normalized spacial score (nSPS) is 13.5. The van der Waals surface area contributed by atoms with Crippen molar-refractivity contribution in [2.45, 2.75) is 19.8 Å². The second kappa shape index (κ2) is 7.79. The molecule has 1 unspecified atom stereocenters. The van der Waals surface area contributed by atoms with Gasteiger partial charge in [0, 0.05) is 27.9 Å². The fourth-order valence-corrected chi connectivity index (χ4v) is 2.70. The van der Waals surface area contributed by atoms with E-state index in [9.17, 15) is 0 Å². The van der Waals surface area contributed by atoms with Crippen LogP contribution in [0.4, 0.5) is 0 Å². The standard InChI is InChI=1S/C9H20N2O3Si/c1-5-6-9(7-10)8-11-15(12-2,13-3)14-4/h9,11H,5-6,8H2,1-4H3. The number of nitrogens with zero attached hydrogens (tertiary/aromatic N) is 1. The zero-order valence-corrected chi connectivity index (χ0v) is 10.9. The summed E-state index contributed by atoms with van der Waals surface area (Å²) in [4.78, 5) is 3.07. The third-order valence-corrected chi connectivity index (χ3v) is 4.44. The Morgan fingerprint density at radius 1 is 1.27 bits per heavy atom. The van der Waals surface area contributed by atoms with Crippen molar-refractivity contribution < 1.29 is 13.3 Å². The Labute approximate surface area is 92.8 Å². The van der Waals surface area contributed by atoms with Gasteiger partial charge in [0.1, 0.15) is 0 Å². The van der Waals surface area contributed by atoms with Gasteiger partial charge in [-0.1, -0.05) is 13.3 Å². The fraction of sp³-hybridized carbons (Fsp3) is 0.889. The number of nitrogens with one attached hydrogen (secondary N) is 1. The van der Waals surface area contributed by atoms with Gasteiger partial charge in [-0.3, -0.25) is 4.98 Å². The number of hydrogen-bond acceptors (Lipinski definition) is 5. The Balaban J connectivity index is 4.14. The van der Waals surface area contributed by atoms with Gasteiger partial charge in [0.15, 0.2) is 0 Å². The molecule has 0 aromatic heterocycles. The molecule has 0 aromatic rings. The summed E-state index contributed by atoms with van der Waals surface area (Å²) in [5.74, 6) is -0.0256. The minimum atomic E-state index is -2.73. The van der Waals surface area contributed by atoms with Crippen LogP contribution < -0.4 is 4.98 Å². The van der Waals surface area contributed by atoms with Crippen molar-refractivity contribution in [3.63, 3.8) is 0 Å². The van der Waals surface area contributed by atoms with Crippen molar-refractivity contribution in [2.75, 3.05) is 27.9 Å². The summed E-state index contributed by atoms with van der Waals surface area (Å²) >= 11 is 0. The lowest BCUT2D eigenvalue weighted by molar-refractivity contribution is 0.109. The number of rotatable bonds is 8. The van der Waals surface area contributed by atoms with Gasteiger partial charge in [-0.05, 0) is 6.42 Å². The maximum atomic E-state index is 8.88. The molecular formula is C9H20N2O3Si. The molecule has 5 nitrogen and oxygen atoms in total. The highest BCUT2D eigenvalue weighted by Gasteiger charge is 2.39. The Bertz CT molecular complexity index is 196. The molecular weight excluding hydrogens is 212 g/mol. The molecule has 0 rings (SSSR count). The predicted octanol–water partition coefficient (Wildman–Crippen LogP) is 0.891. The van der Waals surface area contributed by atoms with E-state index in [0.717, 1.165) is 12.8 Å². The third-order valence-electron chi connectivity index (χ3n) is 2.19. The van der Waals surface area contributed by atoms with Crippen LogP contribution in [0.1, 0.15) is 19.8 Å². The maximum absolute atomic E-state index is 8.88. The molecule has 0 bridgehead atoms. The van der Waals surface area contributed by atoms with E-state index in [4.69, 9.17) is 18.5 Å². The van der Waals surface area contributed by atoms with Gasteiger partial charge in [-0.2, -0.15) is 5.26 Å². The van der Waals surface area contributed by atoms with Crippen molar-refractivity contribution in [1.29, 1.82) is 5.26 Å². The SMILES string of the molecule is CCCC(C#N)CN[Si](OC)(OC)OC. The highest BCUT2D eigenvalue weighted by Crippen LogP contribution is 2.07. The maximum Gasteiger partial charge on any atom is 0.596 e. The van der Waals surface area contributed by atoms with E-state index in [1.165, 1.54) is 21.3 Å². The van der Waals surface area contributed by atoms with Crippen LogP contribution in [0.3, 0.4) is 0 Å². The molecule has 0 amide bonds. The molecule has 0 saturated carbocycles. The fourth-order valence-electron chi connectivity index (χ4n) is 1.28. The minimum Gasteiger partial charge on any atom is -0.364 e. The first-order valence-corrected chi connectivity index (χ1v) is 6.70. The van der Waals surface area contributed by atoms with E-state index in [2.05, 4.69) is 18.0 Å². The van der Waals surface area contributed by atoms with Crippen molar-refractivity contribution in [2.24, 2.45) is 5.92 Å². The monoisotopic (exact) mass is 232 g/mol. The van der Waals surface area contributed by atoms with Gasteiger partial charge in [0.25, 0.3) is 0 Å². The summed E-state index contributed by atoms with van der Waals surface area (Å²) in [6, 6.07) is 2.24. The zero-order chi connectivity index (χ0) is 11.7. The van der Waals surface area contributed by atoms with Crippen LogP contribution in [0.25, 0.3) is 0 Å². The Kier molecular flexibility index (Phi) is 7.55. The molecule has 0 radical (unpaired) electrons. The smallest absolute Gasteiger partial charge is 0.364 e. The van der Waals surface area contributed by atoms with E-state index < -0.39 is 8.97 Å². The van der Waals surface area contributed by atoms with Crippen LogP contribution in [0.2, 0.25) is 0 Å². The molecule has 0 fully saturated rings. The molecule has 1 atom stereocenters. The van der Waals surface area contributed by atoms with E-state index >= 15 is 0 Å².